The minimum atomic E-state index is -0.230. The Bertz CT molecular complexity index is 1580. The Morgan fingerprint density at radius 1 is 0.750 bits per heavy atom. The van der Waals surface area contributed by atoms with Crippen LogP contribution in [0.25, 0.3) is 44.3 Å². The molecule has 0 saturated heterocycles. The molecule has 132 valence electrons. The molecule has 0 atom stereocenters. The van der Waals surface area contributed by atoms with Gasteiger partial charge in [-0.2, -0.15) is 4.98 Å². The molecule has 5 heteroatoms. The van der Waals surface area contributed by atoms with Gasteiger partial charge in [0.05, 0.1) is 16.4 Å². The van der Waals surface area contributed by atoms with E-state index in [9.17, 15) is 4.79 Å². The van der Waals surface area contributed by atoms with Crippen LogP contribution in [0.3, 0.4) is 0 Å². The lowest BCUT2D eigenvalue weighted by Gasteiger charge is -2.07. The van der Waals surface area contributed by atoms with E-state index >= 15 is 0 Å². The third-order valence-corrected chi connectivity index (χ3v) is 5.20. The molecular formula is C23H14N4O. The van der Waals surface area contributed by atoms with E-state index in [4.69, 9.17) is 0 Å². The number of para-hydroxylation sites is 1. The fraction of sp³-hybridized carbons (Fsp3) is 0. The number of hydrogen-bond donors (Lipinski definition) is 0. The second kappa shape index (κ2) is 5.50. The molecule has 3 aromatic carbocycles. The fourth-order valence-corrected chi connectivity index (χ4v) is 4.01. The van der Waals surface area contributed by atoms with Crippen molar-refractivity contribution in [2.45, 2.75) is 0 Å². The van der Waals surface area contributed by atoms with Gasteiger partial charge in [-0.15, -0.1) is 0 Å². The van der Waals surface area contributed by atoms with Crippen LogP contribution in [0.4, 0.5) is 0 Å². The summed E-state index contributed by atoms with van der Waals surface area (Å²) in [6.45, 7) is 0. The van der Waals surface area contributed by atoms with E-state index in [1.165, 1.54) is 0 Å². The summed E-state index contributed by atoms with van der Waals surface area (Å²) >= 11 is 0. The molecule has 5 nitrogen and oxygen atoms in total. The van der Waals surface area contributed by atoms with Gasteiger partial charge in [-0.3, -0.25) is 13.8 Å². The highest BCUT2D eigenvalue weighted by molar-refractivity contribution is 6.07. The lowest BCUT2D eigenvalue weighted by Crippen LogP contribution is -2.12. The number of pyridine rings is 1. The predicted octanol–water partition coefficient (Wildman–Crippen LogP) is 4.34. The van der Waals surface area contributed by atoms with Gasteiger partial charge in [-0.1, -0.05) is 48.5 Å². The summed E-state index contributed by atoms with van der Waals surface area (Å²) in [6.07, 6.45) is 1.77. The van der Waals surface area contributed by atoms with Crippen LogP contribution in [-0.4, -0.2) is 18.9 Å². The van der Waals surface area contributed by atoms with Crippen LogP contribution in [-0.2, 0) is 0 Å². The van der Waals surface area contributed by atoms with Crippen molar-refractivity contribution in [2.75, 3.05) is 0 Å². The fourth-order valence-electron chi connectivity index (χ4n) is 4.01. The van der Waals surface area contributed by atoms with Crippen LogP contribution in [0.2, 0.25) is 0 Å². The molecule has 0 saturated carbocycles. The smallest absolute Gasteiger partial charge is 0.276 e. The molecule has 6 aromatic rings. The second-order valence-corrected chi connectivity index (χ2v) is 6.75. The maximum Gasteiger partial charge on any atom is 0.283 e. The SMILES string of the molecule is O=c1nc2n(-c3ccccc3)c3cccnc3n2c2ccc3ccccc3c12. The van der Waals surface area contributed by atoms with Crippen molar-refractivity contribution in [2.24, 2.45) is 0 Å². The number of benzene rings is 3. The molecule has 0 amide bonds. The van der Waals surface area contributed by atoms with Gasteiger partial charge in [0.25, 0.3) is 5.56 Å². The van der Waals surface area contributed by atoms with Crippen molar-refractivity contribution in [3.8, 4) is 5.69 Å². The molecule has 0 aliphatic rings. The summed E-state index contributed by atoms with van der Waals surface area (Å²) < 4.78 is 3.96. The number of imidazole rings is 1. The largest absolute Gasteiger partial charge is 0.283 e. The van der Waals surface area contributed by atoms with Gasteiger partial charge in [-0.25, -0.2) is 4.98 Å². The number of hydrogen-bond acceptors (Lipinski definition) is 3. The molecule has 0 bridgehead atoms. The summed E-state index contributed by atoms with van der Waals surface area (Å²) in [6, 6.07) is 25.7. The molecule has 0 N–H and O–H groups in total. The van der Waals surface area contributed by atoms with Crippen LogP contribution >= 0.6 is 0 Å². The van der Waals surface area contributed by atoms with Gasteiger partial charge < -0.3 is 0 Å². The van der Waals surface area contributed by atoms with Crippen LogP contribution in [0.5, 0.6) is 0 Å². The van der Waals surface area contributed by atoms with Crippen molar-refractivity contribution in [1.29, 1.82) is 0 Å². The molecule has 6 rings (SSSR count). The zero-order chi connectivity index (χ0) is 18.7. The predicted molar refractivity (Wildman–Crippen MR) is 111 cm³/mol. The summed E-state index contributed by atoms with van der Waals surface area (Å²) in [5, 5.41) is 2.55. The molecule has 0 spiro atoms. The third-order valence-electron chi connectivity index (χ3n) is 5.20. The monoisotopic (exact) mass is 362 g/mol. The van der Waals surface area contributed by atoms with Gasteiger partial charge in [0.1, 0.15) is 0 Å². The Morgan fingerprint density at radius 3 is 2.46 bits per heavy atom. The van der Waals surface area contributed by atoms with Crippen LogP contribution < -0.4 is 5.56 Å². The van der Waals surface area contributed by atoms with E-state index in [0.29, 0.717) is 11.2 Å². The van der Waals surface area contributed by atoms with Crippen LogP contribution in [0.1, 0.15) is 0 Å². The molecule has 3 aromatic heterocycles. The lowest BCUT2D eigenvalue weighted by atomic mass is 10.1. The molecule has 0 unspecified atom stereocenters. The lowest BCUT2D eigenvalue weighted by molar-refractivity contribution is 1.06. The minimum absolute atomic E-state index is 0.230. The first kappa shape index (κ1) is 15.1. The van der Waals surface area contributed by atoms with E-state index in [1.54, 1.807) is 6.20 Å². The summed E-state index contributed by atoms with van der Waals surface area (Å²) in [4.78, 5) is 22.2. The number of nitrogens with zero attached hydrogens (tertiary/aromatic N) is 4. The number of rotatable bonds is 1. The Labute approximate surface area is 159 Å². The average Bonchev–Trinajstić information content (AvgIpc) is 3.08. The molecule has 0 aliphatic carbocycles. The molecule has 0 radical (unpaired) electrons. The van der Waals surface area contributed by atoms with Gasteiger partial charge in [-0.05, 0) is 41.1 Å². The normalized spacial score (nSPS) is 11.7. The molecular weight excluding hydrogens is 348 g/mol. The molecule has 0 aliphatic heterocycles. The molecule has 28 heavy (non-hydrogen) atoms. The summed E-state index contributed by atoms with van der Waals surface area (Å²) in [5.74, 6) is 0.563. The third kappa shape index (κ3) is 1.93. The highest BCUT2D eigenvalue weighted by atomic mass is 16.1. The van der Waals surface area contributed by atoms with E-state index in [0.717, 1.165) is 33.1 Å². The minimum Gasteiger partial charge on any atom is -0.276 e. The van der Waals surface area contributed by atoms with Crippen molar-refractivity contribution in [1.82, 2.24) is 18.9 Å². The average molecular weight is 362 g/mol. The first-order valence-corrected chi connectivity index (χ1v) is 9.08. The number of aromatic nitrogens is 4. The second-order valence-electron chi connectivity index (χ2n) is 6.75. The zero-order valence-corrected chi connectivity index (χ0v) is 14.8. The van der Waals surface area contributed by atoms with Gasteiger partial charge in [0.15, 0.2) is 5.65 Å². The number of fused-ring (bicyclic) bond motifs is 7. The van der Waals surface area contributed by atoms with Gasteiger partial charge in [0, 0.05) is 11.9 Å². The quantitative estimate of drug-likeness (QED) is 0.409. The molecule has 3 heterocycles. The first-order chi connectivity index (χ1) is 13.8. The Balaban J connectivity index is 1.92. The Hall–Kier alpha value is -3.99. The van der Waals surface area contributed by atoms with E-state index in [-0.39, 0.29) is 5.56 Å². The van der Waals surface area contributed by atoms with Crippen molar-refractivity contribution in [3.05, 3.63) is 95.4 Å². The van der Waals surface area contributed by atoms with Gasteiger partial charge >= 0.3 is 0 Å². The highest BCUT2D eigenvalue weighted by Crippen LogP contribution is 2.28. The zero-order valence-electron chi connectivity index (χ0n) is 14.8. The van der Waals surface area contributed by atoms with Crippen LogP contribution in [0, 0.1) is 0 Å². The van der Waals surface area contributed by atoms with Crippen molar-refractivity contribution in [3.63, 3.8) is 0 Å². The highest BCUT2D eigenvalue weighted by Gasteiger charge is 2.18. The maximum absolute atomic E-state index is 13.1. The Morgan fingerprint density at radius 2 is 1.57 bits per heavy atom. The standard InChI is InChI=1S/C23H14N4O/c28-22-20-17-10-5-4-7-15(17)12-13-18(20)27-21-19(11-6-14-24-21)26(23(27)25-22)16-8-2-1-3-9-16/h1-14H. The van der Waals surface area contributed by atoms with Crippen LogP contribution in [0.15, 0.2) is 89.9 Å². The van der Waals surface area contributed by atoms with E-state index in [2.05, 4.69) is 9.97 Å². The summed E-state index contributed by atoms with van der Waals surface area (Å²) in [5.41, 5.74) is 3.20. The molecule has 0 fully saturated rings. The van der Waals surface area contributed by atoms with Crippen molar-refractivity contribution < 1.29 is 0 Å². The topological polar surface area (TPSA) is 52.2 Å². The van der Waals surface area contributed by atoms with Gasteiger partial charge in [0.2, 0.25) is 5.78 Å². The maximum atomic E-state index is 13.1. The first-order valence-electron chi connectivity index (χ1n) is 9.08. The summed E-state index contributed by atoms with van der Waals surface area (Å²) in [7, 11) is 0. The van der Waals surface area contributed by atoms with E-state index in [1.807, 2.05) is 87.8 Å². The van der Waals surface area contributed by atoms with E-state index < -0.39 is 0 Å². The Kier molecular flexibility index (Phi) is 2.97. The van der Waals surface area contributed by atoms with Crippen molar-refractivity contribution >= 4 is 38.6 Å².